The van der Waals surface area contributed by atoms with Crippen LogP contribution in [0, 0.1) is 5.82 Å². The SMILES string of the molecule is NC(=O)c1nnc2[nH]cc3c2c1-c1ccccc1NC3c1ccc(O)c(F)c1. The van der Waals surface area contributed by atoms with Gasteiger partial charge >= 0.3 is 0 Å². The van der Waals surface area contributed by atoms with Gasteiger partial charge in [-0.25, -0.2) is 4.39 Å². The lowest BCUT2D eigenvalue weighted by Gasteiger charge is -2.19. The number of halogens is 1. The molecule has 1 aliphatic rings. The van der Waals surface area contributed by atoms with Gasteiger partial charge in [-0.2, -0.15) is 0 Å². The number of amides is 1. The van der Waals surface area contributed by atoms with E-state index in [-0.39, 0.29) is 5.69 Å². The van der Waals surface area contributed by atoms with Crippen LogP contribution >= 0.6 is 0 Å². The maximum absolute atomic E-state index is 14.0. The molecule has 0 bridgehead atoms. The number of aromatic nitrogens is 3. The standard InChI is InChI=1S/C20H14FN5O2/c21-12-7-9(5-6-14(12)27)17-11-8-23-20-16(11)15(18(19(22)28)25-26-20)10-3-1-2-4-13(10)24-17/h1-8,17,24,27H,(H2,22,28)(H,23,26). The van der Waals surface area contributed by atoms with Crippen LogP contribution in [0.15, 0.2) is 48.7 Å². The Morgan fingerprint density at radius 1 is 1.18 bits per heavy atom. The summed E-state index contributed by atoms with van der Waals surface area (Å²) in [5.41, 5.74) is 9.58. The van der Waals surface area contributed by atoms with Crippen molar-refractivity contribution in [2.75, 3.05) is 5.32 Å². The highest BCUT2D eigenvalue weighted by Gasteiger charge is 2.30. The number of fused-ring (bicyclic) bond motifs is 2. The number of anilines is 1. The maximum Gasteiger partial charge on any atom is 0.269 e. The average Bonchev–Trinajstić information content (AvgIpc) is 3.05. The first-order valence-electron chi connectivity index (χ1n) is 8.56. The molecule has 5 rings (SSSR count). The van der Waals surface area contributed by atoms with Gasteiger partial charge in [-0.3, -0.25) is 4.79 Å². The van der Waals surface area contributed by atoms with E-state index in [1.54, 1.807) is 12.3 Å². The Morgan fingerprint density at radius 2 is 2.00 bits per heavy atom. The second kappa shape index (κ2) is 5.78. The number of hydrogen-bond acceptors (Lipinski definition) is 5. The van der Waals surface area contributed by atoms with E-state index >= 15 is 0 Å². The summed E-state index contributed by atoms with van der Waals surface area (Å²) < 4.78 is 14.0. The molecule has 138 valence electrons. The summed E-state index contributed by atoms with van der Waals surface area (Å²) in [6, 6.07) is 11.2. The van der Waals surface area contributed by atoms with Crippen molar-refractivity contribution >= 4 is 22.6 Å². The first kappa shape index (κ1) is 16.2. The maximum atomic E-state index is 14.0. The van der Waals surface area contributed by atoms with Crippen molar-refractivity contribution in [3.05, 3.63) is 71.3 Å². The van der Waals surface area contributed by atoms with Gasteiger partial charge in [0.15, 0.2) is 22.9 Å². The Labute approximate surface area is 158 Å². The van der Waals surface area contributed by atoms with Gasteiger partial charge in [-0.1, -0.05) is 24.3 Å². The van der Waals surface area contributed by atoms with Crippen LogP contribution in [-0.2, 0) is 0 Å². The molecule has 2 aromatic carbocycles. The average molecular weight is 375 g/mol. The summed E-state index contributed by atoms with van der Waals surface area (Å²) in [4.78, 5) is 15.1. The smallest absolute Gasteiger partial charge is 0.269 e. The molecule has 1 atom stereocenters. The molecule has 1 aliphatic heterocycles. The summed E-state index contributed by atoms with van der Waals surface area (Å²) in [7, 11) is 0. The molecule has 0 fully saturated rings. The van der Waals surface area contributed by atoms with Gasteiger partial charge in [0.25, 0.3) is 5.91 Å². The van der Waals surface area contributed by atoms with Gasteiger partial charge in [-0.05, 0) is 23.8 Å². The number of primary amides is 1. The van der Waals surface area contributed by atoms with Crippen LogP contribution in [0.4, 0.5) is 10.1 Å². The van der Waals surface area contributed by atoms with Crippen molar-refractivity contribution in [2.24, 2.45) is 5.73 Å². The highest BCUT2D eigenvalue weighted by molar-refractivity contribution is 6.10. The number of carbonyl (C=O) groups is 1. The predicted octanol–water partition coefficient (Wildman–Crippen LogP) is 3.08. The number of benzene rings is 2. The number of nitrogens with one attached hydrogen (secondary N) is 2. The Balaban J connectivity index is 1.88. The number of hydrogen-bond donors (Lipinski definition) is 4. The number of phenolic OH excluding ortho intramolecular Hbond substituents is 1. The molecule has 0 spiro atoms. The summed E-state index contributed by atoms with van der Waals surface area (Å²) in [6.45, 7) is 0. The van der Waals surface area contributed by atoms with E-state index in [1.165, 1.54) is 12.1 Å². The van der Waals surface area contributed by atoms with Crippen molar-refractivity contribution in [3.63, 3.8) is 0 Å². The molecular weight excluding hydrogens is 361 g/mol. The quantitative estimate of drug-likeness (QED) is 0.430. The monoisotopic (exact) mass is 375 g/mol. The number of aromatic hydroxyl groups is 1. The number of H-pyrrole nitrogens is 1. The summed E-state index contributed by atoms with van der Waals surface area (Å²) in [6.07, 6.45) is 1.75. The lowest BCUT2D eigenvalue weighted by molar-refractivity contribution is 0.0995. The number of aromatic amines is 1. The normalized spacial score (nSPS) is 15.0. The highest BCUT2D eigenvalue weighted by atomic mass is 19.1. The molecule has 0 saturated heterocycles. The van der Waals surface area contributed by atoms with E-state index < -0.39 is 23.5 Å². The fraction of sp³-hybridized carbons (Fsp3) is 0.0500. The van der Waals surface area contributed by atoms with Crippen LogP contribution in [0.1, 0.15) is 27.7 Å². The molecule has 0 aliphatic carbocycles. The van der Waals surface area contributed by atoms with Crippen molar-refractivity contribution in [1.82, 2.24) is 15.2 Å². The molecule has 4 aromatic rings. The third-order valence-electron chi connectivity index (χ3n) is 4.97. The molecule has 5 N–H and O–H groups in total. The number of phenols is 1. The number of nitrogens with two attached hydrogens (primary N) is 1. The second-order valence-electron chi connectivity index (χ2n) is 6.59. The Morgan fingerprint density at radius 3 is 2.79 bits per heavy atom. The summed E-state index contributed by atoms with van der Waals surface area (Å²) in [5.74, 6) is -1.81. The topological polar surface area (TPSA) is 117 Å². The number of nitrogens with zero attached hydrogens (tertiary/aromatic N) is 2. The minimum absolute atomic E-state index is 0.0696. The summed E-state index contributed by atoms with van der Waals surface area (Å²) in [5, 5.41) is 21.8. The Kier molecular flexibility index (Phi) is 3.35. The molecule has 1 amide bonds. The lowest BCUT2D eigenvalue weighted by Crippen LogP contribution is -2.15. The van der Waals surface area contributed by atoms with Gasteiger partial charge in [-0.15, -0.1) is 10.2 Å². The fourth-order valence-electron chi connectivity index (χ4n) is 3.73. The van der Waals surface area contributed by atoms with E-state index in [4.69, 9.17) is 5.73 Å². The van der Waals surface area contributed by atoms with Gasteiger partial charge in [0, 0.05) is 34.0 Å². The number of para-hydroxylation sites is 1. The van der Waals surface area contributed by atoms with Crippen LogP contribution < -0.4 is 11.1 Å². The van der Waals surface area contributed by atoms with E-state index in [1.807, 2.05) is 24.3 Å². The van der Waals surface area contributed by atoms with E-state index in [2.05, 4.69) is 20.5 Å². The number of rotatable bonds is 2. The van der Waals surface area contributed by atoms with Crippen LogP contribution in [-0.4, -0.2) is 26.2 Å². The van der Waals surface area contributed by atoms with Crippen molar-refractivity contribution in [1.29, 1.82) is 0 Å². The molecular formula is C20H14FN5O2. The highest BCUT2D eigenvalue weighted by Crippen LogP contribution is 2.44. The molecule has 0 saturated carbocycles. The fourth-order valence-corrected chi connectivity index (χ4v) is 3.73. The molecule has 1 unspecified atom stereocenters. The van der Waals surface area contributed by atoms with Crippen LogP contribution in [0.3, 0.4) is 0 Å². The minimum Gasteiger partial charge on any atom is -0.505 e. The van der Waals surface area contributed by atoms with Crippen LogP contribution in [0.5, 0.6) is 5.75 Å². The van der Waals surface area contributed by atoms with E-state index in [9.17, 15) is 14.3 Å². The van der Waals surface area contributed by atoms with Gasteiger partial charge in [0.05, 0.1) is 6.04 Å². The zero-order chi connectivity index (χ0) is 19.4. The largest absolute Gasteiger partial charge is 0.505 e. The van der Waals surface area contributed by atoms with E-state index in [0.717, 1.165) is 16.8 Å². The van der Waals surface area contributed by atoms with Crippen LogP contribution in [0.2, 0.25) is 0 Å². The third kappa shape index (κ3) is 2.24. The first-order valence-corrected chi connectivity index (χ1v) is 8.56. The Bertz CT molecular complexity index is 1270. The minimum atomic E-state index is -0.713. The predicted molar refractivity (Wildman–Crippen MR) is 101 cm³/mol. The molecule has 7 nitrogen and oxygen atoms in total. The molecule has 28 heavy (non-hydrogen) atoms. The van der Waals surface area contributed by atoms with Crippen molar-refractivity contribution in [3.8, 4) is 16.9 Å². The van der Waals surface area contributed by atoms with Gasteiger partial charge in [0.2, 0.25) is 0 Å². The van der Waals surface area contributed by atoms with Crippen LogP contribution in [0.25, 0.3) is 22.2 Å². The van der Waals surface area contributed by atoms with Crippen molar-refractivity contribution < 1.29 is 14.3 Å². The third-order valence-corrected chi connectivity index (χ3v) is 4.97. The summed E-state index contributed by atoms with van der Waals surface area (Å²) >= 11 is 0. The molecule has 2 aromatic heterocycles. The molecule has 8 heteroatoms. The van der Waals surface area contributed by atoms with E-state index in [0.29, 0.717) is 22.2 Å². The lowest BCUT2D eigenvalue weighted by atomic mass is 9.95. The zero-order valence-electron chi connectivity index (χ0n) is 14.4. The zero-order valence-corrected chi connectivity index (χ0v) is 14.4. The van der Waals surface area contributed by atoms with Gasteiger partial charge in [0.1, 0.15) is 0 Å². The van der Waals surface area contributed by atoms with Crippen molar-refractivity contribution in [2.45, 2.75) is 6.04 Å². The first-order chi connectivity index (χ1) is 13.5. The molecule has 0 radical (unpaired) electrons. The number of carbonyl (C=O) groups excluding carboxylic acids is 1. The van der Waals surface area contributed by atoms with Gasteiger partial charge < -0.3 is 21.1 Å². The second-order valence-corrected chi connectivity index (χ2v) is 6.59. The Hall–Kier alpha value is -3.94. The molecule has 3 heterocycles.